The number of benzene rings is 1. The molecule has 0 radical (unpaired) electrons. The topological polar surface area (TPSA) is 91.2 Å². The fourth-order valence-corrected chi connectivity index (χ4v) is 3.84. The van der Waals surface area contributed by atoms with Gasteiger partial charge in [0, 0.05) is 42.3 Å². The molecule has 0 aliphatic carbocycles. The molecule has 4 N–H and O–H groups in total. The first-order chi connectivity index (χ1) is 13.4. The van der Waals surface area contributed by atoms with Gasteiger partial charge in [0.15, 0.2) is 0 Å². The van der Waals surface area contributed by atoms with Gasteiger partial charge in [-0.15, -0.1) is 0 Å². The van der Waals surface area contributed by atoms with Crippen LogP contribution in [-0.4, -0.2) is 35.9 Å². The number of aromatic nitrogens is 1. The Morgan fingerprint density at radius 2 is 2.14 bits per heavy atom. The van der Waals surface area contributed by atoms with Gasteiger partial charge in [-0.05, 0) is 56.7 Å². The summed E-state index contributed by atoms with van der Waals surface area (Å²) in [4.78, 5) is 29.5. The summed E-state index contributed by atoms with van der Waals surface area (Å²) in [6.07, 6.45) is 3.60. The molecule has 1 unspecified atom stereocenters. The second-order valence-corrected chi connectivity index (χ2v) is 7.43. The number of nitrogens with two attached hydrogens (primary N) is 1. The third-order valence-electron chi connectivity index (χ3n) is 5.37. The van der Waals surface area contributed by atoms with Crippen molar-refractivity contribution < 1.29 is 9.59 Å². The summed E-state index contributed by atoms with van der Waals surface area (Å²) in [5.41, 5.74) is 10.1. The van der Waals surface area contributed by atoms with Gasteiger partial charge in [0.1, 0.15) is 0 Å². The van der Waals surface area contributed by atoms with Crippen molar-refractivity contribution in [2.75, 3.05) is 18.0 Å². The summed E-state index contributed by atoms with van der Waals surface area (Å²) in [7, 11) is 0. The molecule has 1 fully saturated rings. The second kappa shape index (κ2) is 8.39. The quantitative estimate of drug-likeness (QED) is 0.712. The van der Waals surface area contributed by atoms with Gasteiger partial charge in [0.25, 0.3) is 11.8 Å². The van der Waals surface area contributed by atoms with Crippen LogP contribution < -0.4 is 16.0 Å². The number of nitrogens with zero attached hydrogens (tertiary/aromatic N) is 1. The lowest BCUT2D eigenvalue weighted by Crippen LogP contribution is -2.47. The number of carbonyl (C=O) groups is 2. The minimum atomic E-state index is -0.438. The molecule has 2 aromatic rings. The molecule has 2 amide bonds. The number of nitrogens with one attached hydrogen (secondary N) is 2. The van der Waals surface area contributed by atoms with Crippen molar-refractivity contribution in [1.82, 2.24) is 10.3 Å². The zero-order chi connectivity index (χ0) is 20.3. The highest BCUT2D eigenvalue weighted by Gasteiger charge is 2.25. The van der Waals surface area contributed by atoms with E-state index in [2.05, 4.69) is 34.0 Å². The number of hydrogen-bond donors (Lipinski definition) is 3. The molecule has 0 spiro atoms. The number of aryl methyl sites for hydroxylation is 2. The van der Waals surface area contributed by atoms with Gasteiger partial charge in [0.05, 0.1) is 11.1 Å². The molecule has 1 aliphatic rings. The number of piperidine rings is 1. The first-order valence-electron chi connectivity index (χ1n) is 9.88. The molecule has 0 bridgehead atoms. The van der Waals surface area contributed by atoms with Crippen molar-refractivity contribution in [2.24, 2.45) is 5.73 Å². The molecule has 0 saturated carbocycles. The standard InChI is InChI=1S/C22H28N4O2/c1-4-5-6-9-19(27)25-16-8-7-12-26(13-16)18-11-10-17(22(23)28)21-20(18)14(2)15(3)24-21/h10-11,16,24H,4-5,7-8,12-13H2,1-3H3,(H2,23,28)(H,25,27). The van der Waals surface area contributed by atoms with Crippen LogP contribution in [0.25, 0.3) is 10.9 Å². The Labute approximate surface area is 165 Å². The van der Waals surface area contributed by atoms with Gasteiger partial charge in [0.2, 0.25) is 0 Å². The molecule has 28 heavy (non-hydrogen) atoms. The fourth-order valence-electron chi connectivity index (χ4n) is 3.84. The predicted octanol–water partition coefficient (Wildman–Crippen LogP) is 2.77. The summed E-state index contributed by atoms with van der Waals surface area (Å²) in [6.45, 7) is 7.71. The molecule has 1 atom stereocenters. The molecule has 1 saturated heterocycles. The number of aromatic amines is 1. The third kappa shape index (κ3) is 3.99. The van der Waals surface area contributed by atoms with Crippen molar-refractivity contribution in [3.05, 3.63) is 29.0 Å². The maximum Gasteiger partial charge on any atom is 0.296 e. The van der Waals surface area contributed by atoms with E-state index in [0.29, 0.717) is 5.56 Å². The highest BCUT2D eigenvalue weighted by molar-refractivity contribution is 6.10. The summed E-state index contributed by atoms with van der Waals surface area (Å²) < 4.78 is 0. The number of fused-ring (bicyclic) bond motifs is 1. The van der Waals surface area contributed by atoms with E-state index >= 15 is 0 Å². The second-order valence-electron chi connectivity index (χ2n) is 7.43. The lowest BCUT2D eigenvalue weighted by atomic mass is 10.0. The third-order valence-corrected chi connectivity index (χ3v) is 5.37. The number of hydrogen-bond acceptors (Lipinski definition) is 3. The zero-order valence-electron chi connectivity index (χ0n) is 16.8. The van der Waals surface area contributed by atoms with Crippen molar-refractivity contribution in [1.29, 1.82) is 0 Å². The Bertz CT molecular complexity index is 964. The zero-order valence-corrected chi connectivity index (χ0v) is 16.8. The van der Waals surface area contributed by atoms with E-state index in [1.807, 2.05) is 19.9 Å². The average Bonchev–Trinajstić information content (AvgIpc) is 2.96. The average molecular weight is 380 g/mol. The van der Waals surface area contributed by atoms with Crippen LogP contribution in [0.1, 0.15) is 54.2 Å². The lowest BCUT2D eigenvalue weighted by molar-refractivity contribution is -0.116. The molecule has 1 aliphatic heterocycles. The Kier molecular flexibility index (Phi) is 5.93. The predicted molar refractivity (Wildman–Crippen MR) is 112 cm³/mol. The first kappa shape index (κ1) is 19.8. The van der Waals surface area contributed by atoms with Crippen LogP contribution in [0, 0.1) is 25.7 Å². The largest absolute Gasteiger partial charge is 0.369 e. The van der Waals surface area contributed by atoms with Crippen LogP contribution in [0.5, 0.6) is 0 Å². The summed E-state index contributed by atoms with van der Waals surface area (Å²) >= 11 is 0. The highest BCUT2D eigenvalue weighted by atomic mass is 16.1. The Morgan fingerprint density at radius 1 is 1.36 bits per heavy atom. The smallest absolute Gasteiger partial charge is 0.296 e. The van der Waals surface area contributed by atoms with Crippen LogP contribution in [0.15, 0.2) is 12.1 Å². The van der Waals surface area contributed by atoms with E-state index in [0.717, 1.165) is 66.6 Å². The monoisotopic (exact) mass is 380 g/mol. The molecule has 148 valence electrons. The van der Waals surface area contributed by atoms with Gasteiger partial charge in [-0.25, -0.2) is 0 Å². The number of carbonyl (C=O) groups excluding carboxylic acids is 2. The van der Waals surface area contributed by atoms with E-state index in [-0.39, 0.29) is 11.9 Å². The lowest BCUT2D eigenvalue weighted by Gasteiger charge is -2.35. The number of rotatable bonds is 4. The van der Waals surface area contributed by atoms with Crippen molar-refractivity contribution in [3.8, 4) is 11.8 Å². The number of unbranched alkanes of at least 4 members (excludes halogenated alkanes) is 1. The van der Waals surface area contributed by atoms with E-state index in [9.17, 15) is 9.59 Å². The SMILES string of the molecule is CCCC#CC(=O)NC1CCCN(c2ccc(C(N)=O)c3[nH]c(C)c(C)c23)C1. The molecule has 1 aromatic heterocycles. The maximum atomic E-state index is 12.1. The van der Waals surface area contributed by atoms with E-state index in [4.69, 9.17) is 5.73 Å². The molecular formula is C22H28N4O2. The minimum Gasteiger partial charge on any atom is -0.369 e. The van der Waals surface area contributed by atoms with Crippen LogP contribution in [0.4, 0.5) is 5.69 Å². The molecule has 6 heteroatoms. The van der Waals surface area contributed by atoms with E-state index in [1.54, 1.807) is 6.07 Å². The van der Waals surface area contributed by atoms with E-state index in [1.165, 1.54) is 0 Å². The van der Waals surface area contributed by atoms with Crippen molar-refractivity contribution in [3.63, 3.8) is 0 Å². The number of H-pyrrole nitrogens is 1. The van der Waals surface area contributed by atoms with Crippen LogP contribution in [0.3, 0.4) is 0 Å². The van der Waals surface area contributed by atoms with Crippen LogP contribution >= 0.6 is 0 Å². The van der Waals surface area contributed by atoms with Crippen LogP contribution in [0.2, 0.25) is 0 Å². The van der Waals surface area contributed by atoms with Crippen LogP contribution in [-0.2, 0) is 4.79 Å². The number of amides is 2. The van der Waals surface area contributed by atoms with Gasteiger partial charge in [-0.1, -0.05) is 12.8 Å². The molecule has 6 nitrogen and oxygen atoms in total. The van der Waals surface area contributed by atoms with Crippen molar-refractivity contribution in [2.45, 2.75) is 52.5 Å². The molecular weight excluding hydrogens is 352 g/mol. The first-order valence-corrected chi connectivity index (χ1v) is 9.88. The van der Waals surface area contributed by atoms with Crippen molar-refractivity contribution >= 4 is 28.4 Å². The van der Waals surface area contributed by atoms with Gasteiger partial charge >= 0.3 is 0 Å². The summed E-state index contributed by atoms with van der Waals surface area (Å²) in [5, 5.41) is 4.07. The fraction of sp³-hybridized carbons (Fsp3) is 0.455. The molecule has 3 rings (SSSR count). The van der Waals surface area contributed by atoms with Gasteiger partial charge in [-0.2, -0.15) is 0 Å². The molecule has 2 heterocycles. The Morgan fingerprint density at radius 3 is 2.86 bits per heavy atom. The number of primary amides is 1. The van der Waals surface area contributed by atoms with Gasteiger partial charge in [-0.3, -0.25) is 9.59 Å². The molecule has 1 aromatic carbocycles. The maximum absolute atomic E-state index is 12.1. The summed E-state index contributed by atoms with van der Waals surface area (Å²) in [6, 6.07) is 3.81. The Hall–Kier alpha value is -2.94. The Balaban J connectivity index is 1.86. The number of anilines is 1. The summed E-state index contributed by atoms with van der Waals surface area (Å²) in [5.74, 6) is 4.92. The van der Waals surface area contributed by atoms with E-state index < -0.39 is 5.91 Å². The van der Waals surface area contributed by atoms with Gasteiger partial charge < -0.3 is 20.9 Å². The highest BCUT2D eigenvalue weighted by Crippen LogP contribution is 2.34. The normalized spacial score (nSPS) is 16.5. The minimum absolute atomic E-state index is 0.0587.